The third kappa shape index (κ3) is 2.11. The molecule has 0 aromatic heterocycles. The number of allylic oxidation sites excluding steroid dienone is 2. The first-order chi connectivity index (χ1) is 11.1. The van der Waals surface area contributed by atoms with Crippen molar-refractivity contribution in [3.05, 3.63) is 42.0 Å². The van der Waals surface area contributed by atoms with Gasteiger partial charge in [-0.15, -0.1) is 0 Å². The maximum atomic E-state index is 12.5. The molecule has 2 aliphatic carbocycles. The van der Waals surface area contributed by atoms with Crippen LogP contribution in [0.4, 0.5) is 5.69 Å². The van der Waals surface area contributed by atoms with Crippen molar-refractivity contribution in [3.8, 4) is 0 Å². The second-order valence-electron chi connectivity index (χ2n) is 6.63. The summed E-state index contributed by atoms with van der Waals surface area (Å²) in [5.74, 6) is -0.848. The number of fused-ring (bicyclic) bond motifs is 5. The number of para-hydroxylation sites is 1. The van der Waals surface area contributed by atoms with Crippen LogP contribution in [0.1, 0.15) is 12.0 Å². The summed E-state index contributed by atoms with van der Waals surface area (Å²) in [6.45, 7) is 1.70. The van der Waals surface area contributed by atoms with E-state index >= 15 is 0 Å². The molecule has 23 heavy (non-hydrogen) atoms. The van der Waals surface area contributed by atoms with Crippen molar-refractivity contribution in [1.82, 2.24) is 4.90 Å². The Morgan fingerprint density at radius 2 is 1.74 bits per heavy atom. The molecule has 1 aromatic carbocycles. The van der Waals surface area contributed by atoms with Gasteiger partial charge in [-0.05, 0) is 36.8 Å². The van der Waals surface area contributed by atoms with Gasteiger partial charge in [-0.2, -0.15) is 0 Å². The topological polar surface area (TPSA) is 66.5 Å². The molecule has 0 spiro atoms. The summed E-state index contributed by atoms with van der Waals surface area (Å²) in [5.41, 5.74) is 1.65. The van der Waals surface area contributed by atoms with E-state index in [4.69, 9.17) is 0 Å². The summed E-state index contributed by atoms with van der Waals surface area (Å²) in [6.07, 6.45) is 5.00. The molecule has 5 nitrogen and oxygen atoms in total. The van der Waals surface area contributed by atoms with Crippen molar-refractivity contribution in [1.29, 1.82) is 0 Å². The molecule has 3 amide bonds. The van der Waals surface area contributed by atoms with Gasteiger partial charge in [0.1, 0.15) is 6.54 Å². The van der Waals surface area contributed by atoms with Crippen LogP contribution in [0.15, 0.2) is 36.4 Å². The number of rotatable bonds is 3. The number of nitrogens with one attached hydrogen (secondary N) is 1. The average molecular weight is 310 g/mol. The van der Waals surface area contributed by atoms with E-state index < -0.39 is 0 Å². The van der Waals surface area contributed by atoms with Crippen LogP contribution < -0.4 is 5.32 Å². The minimum absolute atomic E-state index is 0.172. The Bertz CT molecular complexity index is 710. The fraction of sp³-hybridized carbons (Fsp3) is 0.389. The van der Waals surface area contributed by atoms with Crippen LogP contribution in [0.25, 0.3) is 0 Å². The molecule has 118 valence electrons. The van der Waals surface area contributed by atoms with Crippen LogP contribution in [0, 0.1) is 30.6 Å². The Morgan fingerprint density at radius 3 is 2.35 bits per heavy atom. The van der Waals surface area contributed by atoms with Crippen LogP contribution in [0.5, 0.6) is 0 Å². The van der Waals surface area contributed by atoms with Crippen LogP contribution >= 0.6 is 0 Å². The molecule has 4 rings (SSSR count). The SMILES string of the molecule is Cc1ccccc1NC(=O)CN1C(=O)[C@@H]2[C@H](C1=O)[C@H]1C=C[C@H]2C1. The number of anilines is 1. The molecule has 1 saturated carbocycles. The van der Waals surface area contributed by atoms with Crippen molar-refractivity contribution in [2.24, 2.45) is 23.7 Å². The Balaban J connectivity index is 1.48. The molecule has 5 heteroatoms. The van der Waals surface area contributed by atoms with E-state index in [-0.39, 0.29) is 47.9 Å². The first-order valence-corrected chi connectivity index (χ1v) is 7.95. The summed E-state index contributed by atoms with van der Waals surface area (Å²) in [7, 11) is 0. The molecule has 0 unspecified atom stereocenters. The maximum absolute atomic E-state index is 12.5. The Hall–Kier alpha value is -2.43. The van der Waals surface area contributed by atoms with Gasteiger partial charge in [0.25, 0.3) is 0 Å². The normalized spacial score (nSPS) is 30.9. The monoisotopic (exact) mass is 310 g/mol. The van der Waals surface area contributed by atoms with Gasteiger partial charge >= 0.3 is 0 Å². The Morgan fingerprint density at radius 1 is 1.13 bits per heavy atom. The number of imide groups is 1. The molecule has 1 aliphatic heterocycles. The number of nitrogens with zero attached hydrogens (tertiary/aromatic N) is 1. The number of hydrogen-bond donors (Lipinski definition) is 1. The first-order valence-electron chi connectivity index (χ1n) is 7.95. The van der Waals surface area contributed by atoms with Gasteiger partial charge in [0.2, 0.25) is 17.7 Å². The van der Waals surface area contributed by atoms with Crippen molar-refractivity contribution >= 4 is 23.4 Å². The van der Waals surface area contributed by atoms with Crippen molar-refractivity contribution in [2.45, 2.75) is 13.3 Å². The number of likely N-dealkylation sites (tertiary alicyclic amines) is 1. The zero-order chi connectivity index (χ0) is 16.1. The van der Waals surface area contributed by atoms with Gasteiger partial charge in [0.05, 0.1) is 11.8 Å². The van der Waals surface area contributed by atoms with E-state index in [1.807, 2.05) is 37.3 Å². The summed E-state index contributed by atoms with van der Waals surface area (Å²) in [6, 6.07) is 7.43. The van der Waals surface area contributed by atoms with Gasteiger partial charge in [0, 0.05) is 5.69 Å². The van der Waals surface area contributed by atoms with Gasteiger partial charge in [0.15, 0.2) is 0 Å². The molecule has 1 saturated heterocycles. The predicted octanol–water partition coefficient (Wildman–Crippen LogP) is 1.74. The Labute approximate surface area is 134 Å². The summed E-state index contributed by atoms with van der Waals surface area (Å²) < 4.78 is 0. The quantitative estimate of drug-likeness (QED) is 0.683. The fourth-order valence-corrected chi connectivity index (χ4v) is 4.17. The zero-order valence-corrected chi connectivity index (χ0v) is 12.9. The lowest BCUT2D eigenvalue weighted by Crippen LogP contribution is -2.39. The zero-order valence-electron chi connectivity index (χ0n) is 12.9. The fourth-order valence-electron chi connectivity index (χ4n) is 4.17. The van der Waals surface area contributed by atoms with Gasteiger partial charge < -0.3 is 5.32 Å². The molecule has 1 heterocycles. The highest BCUT2D eigenvalue weighted by molar-refractivity contribution is 6.09. The molecule has 3 aliphatic rings. The lowest BCUT2D eigenvalue weighted by atomic mass is 9.85. The van der Waals surface area contributed by atoms with E-state index in [1.54, 1.807) is 6.07 Å². The molecular formula is C18H18N2O3. The second-order valence-corrected chi connectivity index (χ2v) is 6.63. The van der Waals surface area contributed by atoms with E-state index in [1.165, 1.54) is 0 Å². The molecule has 0 radical (unpaired) electrons. The second kappa shape index (κ2) is 5.05. The van der Waals surface area contributed by atoms with E-state index in [2.05, 4.69) is 5.32 Å². The number of aryl methyl sites for hydroxylation is 1. The molecule has 1 aromatic rings. The highest BCUT2D eigenvalue weighted by Crippen LogP contribution is 2.52. The summed E-state index contributed by atoms with van der Waals surface area (Å²) in [5, 5.41) is 2.78. The number of carbonyl (C=O) groups excluding carboxylic acids is 3. The average Bonchev–Trinajstić information content (AvgIpc) is 3.19. The van der Waals surface area contributed by atoms with Crippen LogP contribution in [-0.2, 0) is 14.4 Å². The van der Waals surface area contributed by atoms with Gasteiger partial charge in [-0.3, -0.25) is 19.3 Å². The van der Waals surface area contributed by atoms with E-state index in [0.29, 0.717) is 5.69 Å². The minimum atomic E-state index is -0.332. The molecule has 4 atom stereocenters. The van der Waals surface area contributed by atoms with Crippen molar-refractivity contribution < 1.29 is 14.4 Å². The lowest BCUT2D eigenvalue weighted by molar-refractivity contribution is -0.143. The molecular weight excluding hydrogens is 292 g/mol. The third-order valence-electron chi connectivity index (χ3n) is 5.28. The van der Waals surface area contributed by atoms with Crippen LogP contribution in [0.3, 0.4) is 0 Å². The first kappa shape index (κ1) is 14.2. The minimum Gasteiger partial charge on any atom is -0.324 e. The van der Waals surface area contributed by atoms with E-state index in [0.717, 1.165) is 16.9 Å². The lowest BCUT2D eigenvalue weighted by Gasteiger charge is -2.17. The maximum Gasteiger partial charge on any atom is 0.244 e. The molecule has 1 N–H and O–H groups in total. The highest BCUT2D eigenvalue weighted by atomic mass is 16.2. The van der Waals surface area contributed by atoms with Crippen molar-refractivity contribution in [2.75, 3.05) is 11.9 Å². The van der Waals surface area contributed by atoms with Crippen LogP contribution in [0.2, 0.25) is 0 Å². The predicted molar refractivity (Wildman–Crippen MR) is 84.2 cm³/mol. The molecule has 2 bridgehead atoms. The molecule has 2 fully saturated rings. The standard InChI is InChI=1S/C18H18N2O3/c1-10-4-2-3-5-13(10)19-14(21)9-20-17(22)15-11-6-7-12(8-11)16(15)18(20)23/h2-7,11-12,15-16H,8-9H2,1H3,(H,19,21)/t11-,12-,15-,16+/m0/s1. The largest absolute Gasteiger partial charge is 0.324 e. The number of carbonyl (C=O) groups is 3. The number of benzene rings is 1. The van der Waals surface area contributed by atoms with Gasteiger partial charge in [-0.1, -0.05) is 30.4 Å². The highest BCUT2D eigenvalue weighted by Gasteiger charge is 2.59. The number of amides is 3. The Kier molecular flexibility index (Phi) is 3.11. The summed E-state index contributed by atoms with van der Waals surface area (Å²) in [4.78, 5) is 38.5. The van der Waals surface area contributed by atoms with Crippen LogP contribution in [-0.4, -0.2) is 29.2 Å². The number of hydrogen-bond acceptors (Lipinski definition) is 3. The smallest absolute Gasteiger partial charge is 0.244 e. The third-order valence-corrected chi connectivity index (χ3v) is 5.28. The van der Waals surface area contributed by atoms with Gasteiger partial charge in [-0.25, -0.2) is 0 Å². The van der Waals surface area contributed by atoms with Crippen molar-refractivity contribution in [3.63, 3.8) is 0 Å². The summed E-state index contributed by atoms with van der Waals surface area (Å²) >= 11 is 0. The van der Waals surface area contributed by atoms with E-state index in [9.17, 15) is 14.4 Å².